The van der Waals surface area contributed by atoms with Crippen LogP contribution in [0, 0.1) is 11.6 Å². The molecule has 0 fully saturated rings. The van der Waals surface area contributed by atoms with Gasteiger partial charge in [0.2, 0.25) is 11.2 Å². The van der Waals surface area contributed by atoms with Gasteiger partial charge in [-0.1, -0.05) is 0 Å². The quantitative estimate of drug-likeness (QED) is 0.808. The predicted molar refractivity (Wildman–Crippen MR) is 62.1 cm³/mol. The molecule has 0 saturated heterocycles. The molecule has 0 aliphatic rings. The zero-order chi connectivity index (χ0) is 14.2. The Hall–Kier alpha value is -2.64. The monoisotopic (exact) mass is 270 g/mol. The molecule has 0 atom stereocenters. The molecule has 100 valence electrons. The number of pyridine rings is 1. The average Bonchev–Trinajstić information content (AvgIpc) is 2.35. The Morgan fingerprint density at radius 3 is 2.58 bits per heavy atom. The van der Waals surface area contributed by atoms with E-state index in [0.29, 0.717) is 6.07 Å². The van der Waals surface area contributed by atoms with Crippen LogP contribution in [0.2, 0.25) is 0 Å². The predicted octanol–water partition coefficient (Wildman–Crippen LogP) is 1.51. The summed E-state index contributed by atoms with van der Waals surface area (Å²) in [6, 6.07) is 1.52. The Labute approximate surface area is 104 Å². The van der Waals surface area contributed by atoms with Crippen molar-refractivity contribution in [3.05, 3.63) is 40.2 Å². The van der Waals surface area contributed by atoms with Crippen molar-refractivity contribution in [1.82, 2.24) is 4.68 Å². The highest BCUT2D eigenvalue weighted by atomic mass is 19.2. The number of halogens is 2. The highest BCUT2D eigenvalue weighted by Crippen LogP contribution is 2.18. The molecule has 1 aromatic carbocycles. The van der Waals surface area contributed by atoms with Crippen molar-refractivity contribution in [3.63, 3.8) is 0 Å². The van der Waals surface area contributed by atoms with Gasteiger partial charge >= 0.3 is 6.16 Å². The number of nitrogens with one attached hydrogen (secondary N) is 1. The van der Waals surface area contributed by atoms with E-state index in [1.807, 2.05) is 0 Å². The summed E-state index contributed by atoms with van der Waals surface area (Å²) < 4.78 is 31.8. The van der Waals surface area contributed by atoms with E-state index in [2.05, 4.69) is 10.2 Å². The maximum Gasteiger partial charge on any atom is 0.511 e. The Bertz CT molecular complexity index is 727. The van der Waals surface area contributed by atoms with Crippen LogP contribution in [0.4, 0.5) is 13.6 Å². The van der Waals surface area contributed by atoms with Gasteiger partial charge in [0.25, 0.3) is 0 Å². The molecule has 0 bridgehead atoms. The fourth-order valence-corrected chi connectivity index (χ4v) is 1.65. The molecule has 2 N–H and O–H groups in total. The summed E-state index contributed by atoms with van der Waals surface area (Å²) in [4.78, 5) is 22.3. The second kappa shape index (κ2) is 4.56. The number of fused-ring (bicyclic) bond motifs is 1. The minimum atomic E-state index is -1.68. The number of nitrogens with zero attached hydrogens (tertiary/aromatic N) is 1. The third-order valence-corrected chi connectivity index (χ3v) is 2.45. The van der Waals surface area contributed by atoms with Crippen molar-refractivity contribution in [2.24, 2.45) is 0 Å². The summed E-state index contributed by atoms with van der Waals surface area (Å²) in [5.74, 6) is -2.84. The standard InChI is InChI=1S/C11H8F2N2O4/c1-14-15-4-9(19-11(17)18)10(16)5-2-6(12)7(13)3-8(5)15/h2-4,14H,1H3,(H,17,18). The molecule has 1 aromatic heterocycles. The zero-order valence-electron chi connectivity index (χ0n) is 9.61. The first-order valence-corrected chi connectivity index (χ1v) is 5.07. The first-order valence-electron chi connectivity index (χ1n) is 5.07. The molecule has 0 aliphatic carbocycles. The lowest BCUT2D eigenvalue weighted by Crippen LogP contribution is -2.19. The Balaban J connectivity index is 2.83. The molecular formula is C11H8F2N2O4. The molecule has 19 heavy (non-hydrogen) atoms. The minimum Gasteiger partial charge on any atom is -0.449 e. The number of hydrogen-bond donors (Lipinski definition) is 2. The third kappa shape index (κ3) is 2.19. The van der Waals surface area contributed by atoms with E-state index in [9.17, 15) is 18.4 Å². The van der Waals surface area contributed by atoms with Crippen LogP contribution >= 0.6 is 0 Å². The van der Waals surface area contributed by atoms with Crippen molar-refractivity contribution in [2.75, 3.05) is 12.5 Å². The van der Waals surface area contributed by atoms with E-state index in [1.165, 1.54) is 7.05 Å². The first kappa shape index (κ1) is 12.8. The van der Waals surface area contributed by atoms with Gasteiger partial charge in [-0.25, -0.2) is 13.6 Å². The highest BCUT2D eigenvalue weighted by molar-refractivity contribution is 5.81. The van der Waals surface area contributed by atoms with E-state index in [1.54, 1.807) is 0 Å². The van der Waals surface area contributed by atoms with Crippen molar-refractivity contribution in [1.29, 1.82) is 0 Å². The summed E-state index contributed by atoms with van der Waals surface area (Å²) in [5.41, 5.74) is 1.79. The Morgan fingerprint density at radius 2 is 2.00 bits per heavy atom. The molecule has 0 radical (unpaired) electrons. The van der Waals surface area contributed by atoms with E-state index in [4.69, 9.17) is 5.11 Å². The second-order valence-electron chi connectivity index (χ2n) is 3.57. The van der Waals surface area contributed by atoms with Gasteiger partial charge in [-0.2, -0.15) is 0 Å². The van der Waals surface area contributed by atoms with Crippen molar-refractivity contribution in [3.8, 4) is 5.75 Å². The van der Waals surface area contributed by atoms with Crippen LogP contribution in [0.15, 0.2) is 23.1 Å². The fraction of sp³-hybridized carbons (Fsp3) is 0.0909. The summed E-state index contributed by atoms with van der Waals surface area (Å²) in [6.07, 6.45) is -0.641. The molecule has 8 heteroatoms. The van der Waals surface area contributed by atoms with E-state index in [0.717, 1.165) is 16.9 Å². The number of carbonyl (C=O) groups is 1. The number of aromatic nitrogens is 1. The number of hydrogen-bond acceptors (Lipinski definition) is 4. The van der Waals surface area contributed by atoms with E-state index < -0.39 is 29.0 Å². The Morgan fingerprint density at radius 1 is 1.37 bits per heavy atom. The van der Waals surface area contributed by atoms with Crippen molar-refractivity contribution >= 4 is 17.1 Å². The third-order valence-electron chi connectivity index (χ3n) is 2.45. The SMILES string of the molecule is CNn1cc(OC(=O)O)c(=O)c2cc(F)c(F)cc21. The molecule has 0 aliphatic heterocycles. The molecule has 0 spiro atoms. The zero-order valence-corrected chi connectivity index (χ0v) is 9.61. The molecule has 6 nitrogen and oxygen atoms in total. The van der Waals surface area contributed by atoms with Crippen LogP contribution in [0.25, 0.3) is 10.9 Å². The lowest BCUT2D eigenvalue weighted by Gasteiger charge is -2.12. The smallest absolute Gasteiger partial charge is 0.449 e. The van der Waals surface area contributed by atoms with Gasteiger partial charge in [0.05, 0.1) is 17.1 Å². The number of ether oxygens (including phenoxy) is 1. The highest BCUT2D eigenvalue weighted by Gasteiger charge is 2.15. The number of benzene rings is 1. The topological polar surface area (TPSA) is 80.6 Å². The van der Waals surface area contributed by atoms with Crippen LogP contribution < -0.4 is 15.6 Å². The van der Waals surface area contributed by atoms with Crippen LogP contribution in [0.1, 0.15) is 0 Å². The minimum absolute atomic E-state index is 0.0594. The van der Waals surface area contributed by atoms with Gasteiger partial charge in [-0.3, -0.25) is 9.47 Å². The molecule has 2 rings (SSSR count). The largest absolute Gasteiger partial charge is 0.511 e. The Kier molecular flexibility index (Phi) is 3.07. The maximum atomic E-state index is 13.2. The molecule has 2 aromatic rings. The van der Waals surface area contributed by atoms with Gasteiger partial charge in [-0.05, 0) is 6.07 Å². The maximum absolute atomic E-state index is 13.2. The number of carboxylic acid groups (broad SMARTS) is 1. The molecule has 0 unspecified atom stereocenters. The fourth-order valence-electron chi connectivity index (χ4n) is 1.65. The van der Waals surface area contributed by atoms with Crippen LogP contribution in [-0.4, -0.2) is 23.0 Å². The lowest BCUT2D eigenvalue weighted by molar-refractivity contribution is 0.144. The van der Waals surface area contributed by atoms with Crippen LogP contribution in [-0.2, 0) is 0 Å². The van der Waals surface area contributed by atoms with Crippen molar-refractivity contribution in [2.45, 2.75) is 0 Å². The lowest BCUT2D eigenvalue weighted by atomic mass is 10.2. The molecule has 0 amide bonds. The second-order valence-corrected chi connectivity index (χ2v) is 3.57. The van der Waals surface area contributed by atoms with E-state index >= 15 is 0 Å². The van der Waals surface area contributed by atoms with Crippen molar-refractivity contribution < 1.29 is 23.4 Å². The van der Waals surface area contributed by atoms with Crippen LogP contribution in [0.5, 0.6) is 5.75 Å². The van der Waals surface area contributed by atoms with E-state index in [-0.39, 0.29) is 10.9 Å². The average molecular weight is 270 g/mol. The molecule has 1 heterocycles. The summed E-state index contributed by atoms with van der Waals surface area (Å²) in [7, 11) is 1.45. The summed E-state index contributed by atoms with van der Waals surface area (Å²) >= 11 is 0. The van der Waals surface area contributed by atoms with Gasteiger partial charge < -0.3 is 15.3 Å². The van der Waals surface area contributed by atoms with Gasteiger partial charge in [-0.15, -0.1) is 0 Å². The van der Waals surface area contributed by atoms with Gasteiger partial charge in [0, 0.05) is 13.1 Å². The van der Waals surface area contributed by atoms with Gasteiger partial charge in [0.15, 0.2) is 11.6 Å². The summed E-state index contributed by atoms with van der Waals surface area (Å²) in [6.45, 7) is 0. The number of rotatable bonds is 2. The van der Waals surface area contributed by atoms with Gasteiger partial charge in [0.1, 0.15) is 0 Å². The molecular weight excluding hydrogens is 262 g/mol. The van der Waals surface area contributed by atoms with Crippen LogP contribution in [0.3, 0.4) is 0 Å². The molecule has 0 saturated carbocycles. The summed E-state index contributed by atoms with van der Waals surface area (Å²) in [5, 5.41) is 8.30. The first-order chi connectivity index (χ1) is 8.93. The normalized spacial score (nSPS) is 10.5.